The number of Topliss-reactive ketones (excluding diaryl/α,β-unsaturated/α-hetero) is 1. The summed E-state index contributed by atoms with van der Waals surface area (Å²) in [5, 5.41) is 0. The van der Waals surface area contributed by atoms with Gasteiger partial charge in [-0.3, -0.25) is 4.79 Å². The Balaban J connectivity index is 2.20. The van der Waals surface area contributed by atoms with Crippen LogP contribution >= 0.6 is 0 Å². The van der Waals surface area contributed by atoms with Crippen molar-refractivity contribution < 1.29 is 4.79 Å². The smallest absolute Gasteiger partial charge is 0.149 e. The molecule has 2 bridgehead atoms. The van der Waals surface area contributed by atoms with E-state index < -0.39 is 0 Å². The molecular weight excluding hydrogens is 224 g/mol. The highest BCUT2D eigenvalue weighted by Crippen LogP contribution is 2.42. The molecule has 2 heterocycles. The van der Waals surface area contributed by atoms with Crippen molar-refractivity contribution in [1.82, 2.24) is 9.80 Å². The summed E-state index contributed by atoms with van der Waals surface area (Å²) in [6, 6.07) is 0. The molecule has 0 aromatic rings. The molecule has 2 saturated heterocycles. The van der Waals surface area contributed by atoms with E-state index in [0.717, 1.165) is 39.3 Å². The molecule has 104 valence electrons. The van der Waals surface area contributed by atoms with Crippen LogP contribution in [0, 0.1) is 10.8 Å². The average Bonchev–Trinajstić information content (AvgIpc) is 2.24. The van der Waals surface area contributed by atoms with Crippen LogP contribution in [0.4, 0.5) is 0 Å². The maximum absolute atomic E-state index is 12.7. The Labute approximate surface area is 112 Å². The van der Waals surface area contributed by atoms with Gasteiger partial charge in [0.25, 0.3) is 0 Å². The Bertz CT molecular complexity index is 284. The number of fused-ring (bicyclic) bond motifs is 2. The van der Waals surface area contributed by atoms with Crippen LogP contribution in [-0.2, 0) is 4.79 Å². The van der Waals surface area contributed by atoms with E-state index >= 15 is 0 Å². The summed E-state index contributed by atoms with van der Waals surface area (Å²) in [6.07, 6.45) is 2.36. The Hall–Kier alpha value is -0.410. The second-order valence-corrected chi connectivity index (χ2v) is 6.87. The standard InChI is InChI=1S/C15H28N2O/c1-5-7-16-9-14(3)11-17(8-6-2)12-15(4,10-16)13(14)18/h5-12H2,1-4H3. The van der Waals surface area contributed by atoms with Crippen LogP contribution in [0.5, 0.6) is 0 Å². The molecule has 2 aliphatic rings. The molecule has 0 spiro atoms. The van der Waals surface area contributed by atoms with Crippen LogP contribution < -0.4 is 0 Å². The first-order valence-electron chi connectivity index (χ1n) is 7.43. The van der Waals surface area contributed by atoms with Gasteiger partial charge in [0.1, 0.15) is 5.78 Å². The number of carbonyl (C=O) groups is 1. The Morgan fingerprint density at radius 3 is 1.50 bits per heavy atom. The highest BCUT2D eigenvalue weighted by Gasteiger charge is 2.55. The van der Waals surface area contributed by atoms with Crippen LogP contribution in [0.2, 0.25) is 0 Å². The molecule has 2 fully saturated rings. The summed E-state index contributed by atoms with van der Waals surface area (Å²) in [7, 11) is 0. The molecule has 0 aromatic heterocycles. The van der Waals surface area contributed by atoms with Gasteiger partial charge in [0.05, 0.1) is 10.8 Å². The predicted molar refractivity (Wildman–Crippen MR) is 74.7 cm³/mol. The molecule has 0 atom stereocenters. The van der Waals surface area contributed by atoms with Crippen molar-refractivity contribution in [3.05, 3.63) is 0 Å². The predicted octanol–water partition coefficient (Wildman–Crippen LogP) is 2.02. The van der Waals surface area contributed by atoms with Gasteiger partial charge in [0.2, 0.25) is 0 Å². The van der Waals surface area contributed by atoms with Gasteiger partial charge in [-0.2, -0.15) is 0 Å². The molecular formula is C15H28N2O. The van der Waals surface area contributed by atoms with Gasteiger partial charge in [0.15, 0.2) is 0 Å². The zero-order chi connectivity index (χ0) is 13.4. The second-order valence-electron chi connectivity index (χ2n) is 6.87. The quantitative estimate of drug-likeness (QED) is 0.765. The van der Waals surface area contributed by atoms with Crippen molar-refractivity contribution in [3.8, 4) is 0 Å². The zero-order valence-electron chi connectivity index (χ0n) is 12.5. The normalized spacial score (nSPS) is 38.1. The zero-order valence-corrected chi connectivity index (χ0v) is 12.5. The lowest BCUT2D eigenvalue weighted by molar-refractivity contribution is -0.157. The SMILES string of the molecule is CCCN1CC2(C)CN(CCC)CC(C)(C1)C2=O. The third-order valence-electron chi connectivity index (χ3n) is 4.47. The number of hydrogen-bond donors (Lipinski definition) is 0. The van der Waals surface area contributed by atoms with Crippen LogP contribution in [0.3, 0.4) is 0 Å². The Morgan fingerprint density at radius 1 is 0.889 bits per heavy atom. The second kappa shape index (κ2) is 4.93. The maximum Gasteiger partial charge on any atom is 0.149 e. The molecule has 2 rings (SSSR count). The van der Waals surface area contributed by atoms with Crippen molar-refractivity contribution in [2.24, 2.45) is 10.8 Å². The molecule has 0 amide bonds. The minimum absolute atomic E-state index is 0.143. The Morgan fingerprint density at radius 2 is 1.22 bits per heavy atom. The van der Waals surface area contributed by atoms with E-state index in [0.29, 0.717) is 5.78 Å². The number of carbonyl (C=O) groups excluding carboxylic acids is 1. The lowest BCUT2D eigenvalue weighted by Gasteiger charge is -2.55. The molecule has 0 unspecified atom stereocenters. The van der Waals surface area contributed by atoms with E-state index in [2.05, 4.69) is 37.5 Å². The topological polar surface area (TPSA) is 23.6 Å². The van der Waals surface area contributed by atoms with E-state index in [1.54, 1.807) is 0 Å². The van der Waals surface area contributed by atoms with Gasteiger partial charge in [0, 0.05) is 26.2 Å². The molecule has 0 radical (unpaired) electrons. The number of rotatable bonds is 4. The van der Waals surface area contributed by atoms with Crippen molar-refractivity contribution >= 4 is 5.78 Å². The number of piperidine rings is 2. The summed E-state index contributed by atoms with van der Waals surface area (Å²) < 4.78 is 0. The van der Waals surface area contributed by atoms with Crippen molar-refractivity contribution in [2.45, 2.75) is 40.5 Å². The fourth-order valence-corrected chi connectivity index (χ4v) is 4.15. The third-order valence-corrected chi connectivity index (χ3v) is 4.47. The third kappa shape index (κ3) is 2.35. The van der Waals surface area contributed by atoms with E-state index in [9.17, 15) is 4.79 Å². The molecule has 0 aromatic carbocycles. The maximum atomic E-state index is 12.7. The van der Waals surface area contributed by atoms with Gasteiger partial charge in [-0.05, 0) is 25.9 Å². The van der Waals surface area contributed by atoms with Crippen LogP contribution in [0.25, 0.3) is 0 Å². The molecule has 3 heteroatoms. The van der Waals surface area contributed by atoms with Crippen molar-refractivity contribution in [1.29, 1.82) is 0 Å². The highest BCUT2D eigenvalue weighted by atomic mass is 16.1. The summed E-state index contributed by atoms with van der Waals surface area (Å²) in [4.78, 5) is 17.7. The largest absolute Gasteiger partial charge is 0.301 e. The fourth-order valence-electron chi connectivity index (χ4n) is 4.15. The van der Waals surface area contributed by atoms with Gasteiger partial charge in [-0.1, -0.05) is 27.7 Å². The summed E-state index contributed by atoms with van der Waals surface area (Å²) >= 11 is 0. The first-order chi connectivity index (χ1) is 8.43. The Kier molecular flexibility index (Phi) is 3.84. The van der Waals surface area contributed by atoms with Gasteiger partial charge < -0.3 is 9.80 Å². The van der Waals surface area contributed by atoms with E-state index in [1.807, 2.05) is 0 Å². The minimum Gasteiger partial charge on any atom is -0.301 e. The van der Waals surface area contributed by atoms with E-state index in [-0.39, 0.29) is 10.8 Å². The highest BCUT2D eigenvalue weighted by molar-refractivity contribution is 5.92. The summed E-state index contributed by atoms with van der Waals surface area (Å²) in [6.45, 7) is 14.9. The van der Waals surface area contributed by atoms with Gasteiger partial charge in [-0.25, -0.2) is 0 Å². The van der Waals surface area contributed by atoms with E-state index in [1.165, 1.54) is 12.8 Å². The van der Waals surface area contributed by atoms with Crippen LogP contribution in [0.1, 0.15) is 40.5 Å². The van der Waals surface area contributed by atoms with E-state index in [4.69, 9.17) is 0 Å². The first-order valence-corrected chi connectivity index (χ1v) is 7.43. The number of ketones is 1. The van der Waals surface area contributed by atoms with Gasteiger partial charge in [-0.15, -0.1) is 0 Å². The van der Waals surface area contributed by atoms with Crippen molar-refractivity contribution in [3.63, 3.8) is 0 Å². The molecule has 0 saturated carbocycles. The number of hydrogen-bond acceptors (Lipinski definition) is 3. The monoisotopic (exact) mass is 252 g/mol. The first kappa shape index (κ1) is 14.0. The van der Waals surface area contributed by atoms with Crippen LogP contribution in [0.15, 0.2) is 0 Å². The van der Waals surface area contributed by atoms with Crippen molar-refractivity contribution in [2.75, 3.05) is 39.3 Å². The summed E-state index contributed by atoms with van der Waals surface area (Å²) in [5.41, 5.74) is -0.287. The number of likely N-dealkylation sites (tertiary alicyclic amines) is 2. The molecule has 2 aliphatic heterocycles. The molecule has 0 aliphatic carbocycles. The number of nitrogens with zero attached hydrogens (tertiary/aromatic N) is 2. The lowest BCUT2D eigenvalue weighted by Crippen LogP contribution is -2.68. The molecule has 0 N–H and O–H groups in total. The molecule has 3 nitrogen and oxygen atoms in total. The average molecular weight is 252 g/mol. The van der Waals surface area contributed by atoms with Crippen LogP contribution in [-0.4, -0.2) is 54.9 Å². The lowest BCUT2D eigenvalue weighted by atomic mass is 9.64. The minimum atomic E-state index is -0.143. The van der Waals surface area contributed by atoms with Gasteiger partial charge >= 0.3 is 0 Å². The molecule has 18 heavy (non-hydrogen) atoms. The summed E-state index contributed by atoms with van der Waals surface area (Å²) in [5.74, 6) is 0.509. The fraction of sp³-hybridized carbons (Fsp3) is 0.933.